The Morgan fingerprint density at radius 2 is 1.52 bits per heavy atom. The molecular weight excluding hydrogens is 274 g/mol. The van der Waals surface area contributed by atoms with E-state index >= 15 is 0 Å². The van der Waals surface area contributed by atoms with Gasteiger partial charge in [0.1, 0.15) is 5.75 Å². The maximum absolute atomic E-state index is 12.0. The molecule has 4 heteroatoms. The Morgan fingerprint density at radius 1 is 0.952 bits per heavy atom. The highest BCUT2D eigenvalue weighted by molar-refractivity contribution is 5.28. The molecule has 0 fully saturated rings. The van der Waals surface area contributed by atoms with Crippen LogP contribution in [0.4, 0.5) is 8.78 Å². The summed E-state index contributed by atoms with van der Waals surface area (Å²) in [5.74, 6) is 0.122. The summed E-state index contributed by atoms with van der Waals surface area (Å²) in [6.45, 7) is -0.609. The van der Waals surface area contributed by atoms with E-state index in [0.29, 0.717) is 6.42 Å². The zero-order valence-electron chi connectivity index (χ0n) is 12.7. The summed E-state index contributed by atoms with van der Waals surface area (Å²) in [7, 11) is 0. The first kappa shape index (κ1) is 17.9. The van der Waals surface area contributed by atoms with Gasteiger partial charge >= 0.3 is 6.61 Å². The van der Waals surface area contributed by atoms with E-state index in [9.17, 15) is 13.9 Å². The number of benzene rings is 1. The largest absolute Gasteiger partial charge is 0.435 e. The van der Waals surface area contributed by atoms with E-state index in [4.69, 9.17) is 0 Å². The van der Waals surface area contributed by atoms with Crippen LogP contribution in [0, 0.1) is 0 Å². The van der Waals surface area contributed by atoms with Crippen molar-refractivity contribution in [2.45, 2.75) is 71.0 Å². The third-order valence-corrected chi connectivity index (χ3v) is 3.57. The topological polar surface area (TPSA) is 29.5 Å². The average molecular weight is 300 g/mol. The summed E-state index contributed by atoms with van der Waals surface area (Å²) in [6, 6.07) is 6.22. The summed E-state index contributed by atoms with van der Waals surface area (Å²) in [6.07, 6.45) is 8.64. The number of unbranched alkanes of at least 4 members (excludes halogenated alkanes) is 6. The molecule has 1 aromatic rings. The molecule has 0 bridgehead atoms. The van der Waals surface area contributed by atoms with Crippen LogP contribution in [0.5, 0.6) is 5.75 Å². The Hall–Kier alpha value is -1.16. The first-order valence-corrected chi connectivity index (χ1v) is 7.86. The lowest BCUT2D eigenvalue weighted by Crippen LogP contribution is -2.02. The summed E-state index contributed by atoms with van der Waals surface area (Å²) in [5.41, 5.74) is 0.752. The van der Waals surface area contributed by atoms with Gasteiger partial charge in [0.2, 0.25) is 0 Å². The highest BCUT2D eigenvalue weighted by atomic mass is 19.3. The molecule has 0 radical (unpaired) electrons. The van der Waals surface area contributed by atoms with Crippen molar-refractivity contribution in [1.29, 1.82) is 0 Å². The Labute approximate surface area is 126 Å². The Bertz CT molecular complexity index is 366. The van der Waals surface area contributed by atoms with E-state index in [-0.39, 0.29) is 5.75 Å². The minimum atomic E-state index is -2.81. The first-order valence-electron chi connectivity index (χ1n) is 7.86. The molecule has 1 atom stereocenters. The highest BCUT2D eigenvalue weighted by Gasteiger charge is 2.09. The molecule has 1 unspecified atom stereocenters. The van der Waals surface area contributed by atoms with E-state index < -0.39 is 12.7 Å². The number of rotatable bonds is 11. The zero-order valence-corrected chi connectivity index (χ0v) is 12.7. The lowest BCUT2D eigenvalue weighted by molar-refractivity contribution is -0.0498. The van der Waals surface area contributed by atoms with Gasteiger partial charge in [0.05, 0.1) is 6.10 Å². The molecule has 0 saturated heterocycles. The van der Waals surface area contributed by atoms with Gasteiger partial charge in [-0.25, -0.2) is 0 Å². The number of halogens is 2. The van der Waals surface area contributed by atoms with Gasteiger partial charge in [-0.3, -0.25) is 0 Å². The smallest absolute Gasteiger partial charge is 0.387 e. The van der Waals surface area contributed by atoms with Crippen LogP contribution in [0.3, 0.4) is 0 Å². The van der Waals surface area contributed by atoms with Crippen molar-refractivity contribution in [3.63, 3.8) is 0 Å². The zero-order chi connectivity index (χ0) is 15.5. The van der Waals surface area contributed by atoms with Crippen molar-refractivity contribution in [3.05, 3.63) is 29.8 Å². The van der Waals surface area contributed by atoms with Crippen LogP contribution in [0.15, 0.2) is 24.3 Å². The second-order valence-electron chi connectivity index (χ2n) is 5.37. The summed E-state index contributed by atoms with van der Waals surface area (Å²) >= 11 is 0. The average Bonchev–Trinajstić information content (AvgIpc) is 2.46. The molecule has 0 heterocycles. The third kappa shape index (κ3) is 8.00. The summed E-state index contributed by atoms with van der Waals surface area (Å²) in [4.78, 5) is 0. The number of alkyl halides is 2. The van der Waals surface area contributed by atoms with Gasteiger partial charge in [0, 0.05) is 0 Å². The van der Waals surface area contributed by atoms with Gasteiger partial charge in [0.15, 0.2) is 0 Å². The number of hydrogen-bond acceptors (Lipinski definition) is 2. The molecule has 0 spiro atoms. The van der Waals surface area contributed by atoms with Crippen LogP contribution in [0.2, 0.25) is 0 Å². The second-order valence-corrected chi connectivity index (χ2v) is 5.37. The second kappa shape index (κ2) is 10.6. The number of ether oxygens (including phenoxy) is 1. The molecule has 1 N–H and O–H groups in total. The molecular formula is C17H26F2O2. The minimum Gasteiger partial charge on any atom is -0.435 e. The molecule has 0 aliphatic heterocycles. The Morgan fingerprint density at radius 3 is 2.10 bits per heavy atom. The van der Waals surface area contributed by atoms with Crippen molar-refractivity contribution in [2.24, 2.45) is 0 Å². The predicted molar refractivity (Wildman–Crippen MR) is 80.6 cm³/mol. The van der Waals surface area contributed by atoms with E-state index in [1.54, 1.807) is 12.1 Å². The monoisotopic (exact) mass is 300 g/mol. The van der Waals surface area contributed by atoms with Gasteiger partial charge in [-0.1, -0.05) is 64.0 Å². The maximum atomic E-state index is 12.0. The molecule has 1 aromatic carbocycles. The van der Waals surface area contributed by atoms with Crippen molar-refractivity contribution in [3.8, 4) is 5.75 Å². The van der Waals surface area contributed by atoms with Crippen LogP contribution in [0.25, 0.3) is 0 Å². The fourth-order valence-corrected chi connectivity index (χ4v) is 2.33. The fraction of sp³-hybridized carbons (Fsp3) is 0.647. The Balaban J connectivity index is 2.21. The van der Waals surface area contributed by atoms with Gasteiger partial charge in [-0.2, -0.15) is 8.78 Å². The standard InChI is InChI=1S/C17H26F2O2/c1-2-3-4-5-6-7-8-9-16(20)14-10-12-15(13-11-14)21-17(18)19/h10-13,16-17,20H,2-9H2,1H3. The first-order chi connectivity index (χ1) is 10.1. The Kier molecular flexibility index (Phi) is 8.99. The van der Waals surface area contributed by atoms with Crippen LogP contribution in [-0.2, 0) is 0 Å². The van der Waals surface area contributed by atoms with Gasteiger partial charge in [-0.15, -0.1) is 0 Å². The molecule has 0 aliphatic carbocycles. The third-order valence-electron chi connectivity index (χ3n) is 3.57. The van der Waals surface area contributed by atoms with Gasteiger partial charge in [0.25, 0.3) is 0 Å². The van der Waals surface area contributed by atoms with Crippen LogP contribution < -0.4 is 4.74 Å². The highest BCUT2D eigenvalue weighted by Crippen LogP contribution is 2.23. The SMILES string of the molecule is CCCCCCCCCC(O)c1ccc(OC(F)F)cc1. The van der Waals surface area contributed by atoms with Crippen LogP contribution >= 0.6 is 0 Å². The molecule has 21 heavy (non-hydrogen) atoms. The molecule has 0 amide bonds. The number of hydrogen-bond donors (Lipinski definition) is 1. The minimum absolute atomic E-state index is 0.122. The van der Waals surface area contributed by atoms with Gasteiger partial charge < -0.3 is 9.84 Å². The molecule has 1 rings (SSSR count). The predicted octanol–water partition coefficient (Wildman–Crippen LogP) is 5.46. The molecule has 0 saturated carbocycles. The van der Waals surface area contributed by atoms with Crippen molar-refractivity contribution in [2.75, 3.05) is 0 Å². The maximum Gasteiger partial charge on any atom is 0.387 e. The summed E-state index contributed by atoms with van der Waals surface area (Å²) in [5, 5.41) is 10.0. The fourth-order valence-electron chi connectivity index (χ4n) is 2.33. The molecule has 0 aliphatic rings. The quantitative estimate of drug-likeness (QED) is 0.550. The molecule has 2 nitrogen and oxygen atoms in total. The molecule has 0 aromatic heterocycles. The van der Waals surface area contributed by atoms with Gasteiger partial charge in [-0.05, 0) is 24.1 Å². The van der Waals surface area contributed by atoms with Crippen molar-refractivity contribution >= 4 is 0 Å². The lowest BCUT2D eigenvalue weighted by atomic mass is 10.0. The van der Waals surface area contributed by atoms with E-state index in [0.717, 1.165) is 18.4 Å². The molecule has 120 valence electrons. The normalized spacial score (nSPS) is 12.6. The summed E-state index contributed by atoms with van der Waals surface area (Å²) < 4.78 is 28.3. The van der Waals surface area contributed by atoms with E-state index in [2.05, 4.69) is 11.7 Å². The lowest BCUT2D eigenvalue weighted by Gasteiger charge is -2.12. The van der Waals surface area contributed by atoms with E-state index in [1.807, 2.05) is 0 Å². The van der Waals surface area contributed by atoms with Crippen LogP contribution in [-0.4, -0.2) is 11.7 Å². The van der Waals surface area contributed by atoms with Crippen molar-refractivity contribution in [1.82, 2.24) is 0 Å². The van der Waals surface area contributed by atoms with Crippen LogP contribution in [0.1, 0.15) is 70.0 Å². The number of aliphatic hydroxyl groups is 1. The van der Waals surface area contributed by atoms with E-state index in [1.165, 1.54) is 44.2 Å². The van der Waals surface area contributed by atoms with Crippen molar-refractivity contribution < 1.29 is 18.6 Å². The number of aliphatic hydroxyl groups excluding tert-OH is 1.